The summed E-state index contributed by atoms with van der Waals surface area (Å²) in [6, 6.07) is 3.60. The number of rotatable bonds is 8. The molecule has 3 rings (SSSR count). The van der Waals surface area contributed by atoms with Crippen LogP contribution >= 0.6 is 0 Å². The Morgan fingerprint density at radius 1 is 1.20 bits per heavy atom. The molecule has 2 aromatic rings. The lowest BCUT2D eigenvalue weighted by molar-refractivity contribution is 0.167. The first kappa shape index (κ1) is 22.4. The van der Waals surface area contributed by atoms with Crippen LogP contribution in [0, 0.1) is 13.8 Å². The summed E-state index contributed by atoms with van der Waals surface area (Å²) in [5, 5.41) is 0. The van der Waals surface area contributed by atoms with Crippen LogP contribution in [0.5, 0.6) is 17.5 Å². The third-order valence-corrected chi connectivity index (χ3v) is 7.50. The maximum absolute atomic E-state index is 12.5. The minimum atomic E-state index is -3.24. The van der Waals surface area contributed by atoms with Gasteiger partial charge in [0, 0.05) is 24.7 Å². The molecule has 0 bridgehead atoms. The monoisotopic (exact) mass is 434 g/mol. The van der Waals surface area contributed by atoms with Crippen LogP contribution < -0.4 is 9.47 Å². The molecule has 164 valence electrons. The molecule has 3 heterocycles. The van der Waals surface area contributed by atoms with Gasteiger partial charge in [-0.1, -0.05) is 0 Å². The second kappa shape index (κ2) is 9.26. The predicted octanol–water partition coefficient (Wildman–Crippen LogP) is 3.64. The summed E-state index contributed by atoms with van der Waals surface area (Å²) in [4.78, 5) is 12.7. The molecule has 30 heavy (non-hydrogen) atoms. The van der Waals surface area contributed by atoms with Gasteiger partial charge < -0.3 is 9.47 Å². The van der Waals surface area contributed by atoms with Crippen molar-refractivity contribution in [1.82, 2.24) is 19.3 Å². The van der Waals surface area contributed by atoms with Gasteiger partial charge in [0.25, 0.3) is 0 Å². The molecule has 1 aliphatic rings. The summed E-state index contributed by atoms with van der Waals surface area (Å²) < 4.78 is 38.7. The molecule has 0 spiro atoms. The van der Waals surface area contributed by atoms with E-state index in [2.05, 4.69) is 15.0 Å². The van der Waals surface area contributed by atoms with Crippen LogP contribution in [0.4, 0.5) is 0 Å². The SMILES string of the molecule is CCS(=O)(=O)N1C(C)CCC1C[C@@H](C)Oc1ncnc(Oc2cccnc2C)c1C. The van der Waals surface area contributed by atoms with Gasteiger partial charge in [-0.3, -0.25) is 4.98 Å². The molecule has 0 aromatic carbocycles. The molecule has 2 aromatic heterocycles. The molecule has 9 heteroatoms. The average molecular weight is 435 g/mol. The van der Waals surface area contributed by atoms with Gasteiger partial charge in [0.05, 0.1) is 23.1 Å². The van der Waals surface area contributed by atoms with E-state index in [4.69, 9.17) is 9.47 Å². The highest BCUT2D eigenvalue weighted by atomic mass is 32.2. The smallest absolute Gasteiger partial charge is 0.229 e. The van der Waals surface area contributed by atoms with E-state index in [0.717, 1.165) is 18.5 Å². The summed E-state index contributed by atoms with van der Waals surface area (Å²) >= 11 is 0. The summed E-state index contributed by atoms with van der Waals surface area (Å²) in [5.41, 5.74) is 1.45. The fraction of sp³-hybridized carbons (Fsp3) is 0.571. The molecule has 3 atom stereocenters. The summed E-state index contributed by atoms with van der Waals surface area (Å²) in [5.74, 6) is 1.58. The highest BCUT2D eigenvalue weighted by Crippen LogP contribution is 2.32. The van der Waals surface area contributed by atoms with Crippen molar-refractivity contribution < 1.29 is 17.9 Å². The van der Waals surface area contributed by atoms with Crippen molar-refractivity contribution in [3.63, 3.8) is 0 Å². The molecule has 1 fully saturated rings. The fourth-order valence-corrected chi connectivity index (χ4v) is 5.46. The Bertz CT molecular complexity index is 983. The van der Waals surface area contributed by atoms with Crippen molar-refractivity contribution in [3.8, 4) is 17.5 Å². The van der Waals surface area contributed by atoms with Crippen molar-refractivity contribution in [1.29, 1.82) is 0 Å². The van der Waals surface area contributed by atoms with Gasteiger partial charge in [0.1, 0.15) is 6.33 Å². The van der Waals surface area contributed by atoms with E-state index >= 15 is 0 Å². The highest BCUT2D eigenvalue weighted by molar-refractivity contribution is 7.89. The zero-order valence-electron chi connectivity index (χ0n) is 18.2. The lowest BCUT2D eigenvalue weighted by Crippen LogP contribution is -2.42. The topological polar surface area (TPSA) is 94.5 Å². The van der Waals surface area contributed by atoms with Crippen LogP contribution in [0.3, 0.4) is 0 Å². The lowest BCUT2D eigenvalue weighted by atomic mass is 10.1. The lowest BCUT2D eigenvalue weighted by Gasteiger charge is -2.29. The number of nitrogens with zero attached hydrogens (tertiary/aromatic N) is 4. The largest absolute Gasteiger partial charge is 0.474 e. The van der Waals surface area contributed by atoms with Crippen molar-refractivity contribution in [3.05, 3.63) is 35.9 Å². The molecule has 1 aliphatic heterocycles. The maximum Gasteiger partial charge on any atom is 0.229 e. The number of ether oxygens (including phenoxy) is 2. The van der Waals surface area contributed by atoms with Gasteiger partial charge in [-0.2, -0.15) is 4.31 Å². The summed E-state index contributed by atoms with van der Waals surface area (Å²) in [7, 11) is -3.24. The van der Waals surface area contributed by atoms with E-state index in [-0.39, 0.29) is 23.9 Å². The van der Waals surface area contributed by atoms with Crippen molar-refractivity contribution in [2.75, 3.05) is 5.75 Å². The number of aryl methyl sites for hydroxylation is 1. The summed E-state index contributed by atoms with van der Waals surface area (Å²) in [6.07, 6.45) is 5.21. The van der Waals surface area contributed by atoms with Crippen LogP contribution in [0.15, 0.2) is 24.7 Å². The molecule has 8 nitrogen and oxygen atoms in total. The van der Waals surface area contributed by atoms with E-state index in [0.29, 0.717) is 29.5 Å². The maximum atomic E-state index is 12.5. The second-order valence-corrected chi connectivity index (χ2v) is 9.94. The number of pyridine rings is 1. The third kappa shape index (κ3) is 4.89. The molecule has 0 amide bonds. The van der Waals surface area contributed by atoms with Crippen molar-refractivity contribution in [2.24, 2.45) is 0 Å². The zero-order chi connectivity index (χ0) is 21.9. The van der Waals surface area contributed by atoms with Crippen LogP contribution in [-0.2, 0) is 10.0 Å². The van der Waals surface area contributed by atoms with E-state index in [1.165, 1.54) is 6.33 Å². The van der Waals surface area contributed by atoms with Crippen LogP contribution in [0.2, 0.25) is 0 Å². The van der Waals surface area contributed by atoms with E-state index in [1.807, 2.05) is 33.8 Å². The van der Waals surface area contributed by atoms with E-state index in [1.54, 1.807) is 23.5 Å². The molecule has 1 saturated heterocycles. The number of aromatic nitrogens is 3. The third-order valence-electron chi connectivity index (χ3n) is 5.47. The van der Waals surface area contributed by atoms with Gasteiger partial charge in [-0.15, -0.1) is 0 Å². The standard InChI is InChI=1S/C21H30N4O4S/c1-6-30(26,27)25-14(2)9-10-18(25)12-15(3)28-20-16(4)21(24-13-23-20)29-19-8-7-11-22-17(19)5/h7-8,11,13-15,18H,6,9-10,12H2,1-5H3/t14?,15-,18?/m1/s1. The van der Waals surface area contributed by atoms with E-state index < -0.39 is 10.0 Å². The molecule has 0 saturated carbocycles. The Morgan fingerprint density at radius 3 is 2.63 bits per heavy atom. The first-order valence-electron chi connectivity index (χ1n) is 10.3. The van der Waals surface area contributed by atoms with Gasteiger partial charge in [-0.05, 0) is 59.6 Å². The number of sulfonamides is 1. The average Bonchev–Trinajstić information content (AvgIpc) is 3.07. The number of hydrogen-bond donors (Lipinski definition) is 0. The minimum absolute atomic E-state index is 0.0238. The van der Waals surface area contributed by atoms with Crippen LogP contribution in [-0.4, -0.2) is 51.6 Å². The van der Waals surface area contributed by atoms with Crippen molar-refractivity contribution >= 4 is 10.0 Å². The molecular formula is C21H30N4O4S. The predicted molar refractivity (Wildman–Crippen MR) is 114 cm³/mol. The molecular weight excluding hydrogens is 404 g/mol. The molecule has 0 N–H and O–H groups in total. The molecule has 2 unspecified atom stereocenters. The Balaban J connectivity index is 1.71. The Morgan fingerprint density at radius 2 is 1.93 bits per heavy atom. The van der Waals surface area contributed by atoms with Gasteiger partial charge in [-0.25, -0.2) is 18.4 Å². The first-order chi connectivity index (χ1) is 14.2. The number of hydrogen-bond acceptors (Lipinski definition) is 7. The molecule has 0 radical (unpaired) electrons. The minimum Gasteiger partial charge on any atom is -0.474 e. The zero-order valence-corrected chi connectivity index (χ0v) is 19.0. The van der Waals surface area contributed by atoms with Gasteiger partial charge in [0.2, 0.25) is 21.8 Å². The first-order valence-corrected chi connectivity index (χ1v) is 11.9. The van der Waals surface area contributed by atoms with Gasteiger partial charge in [0.15, 0.2) is 5.75 Å². The van der Waals surface area contributed by atoms with E-state index in [9.17, 15) is 8.42 Å². The Labute approximate surface area is 178 Å². The fourth-order valence-electron chi connectivity index (χ4n) is 3.86. The second-order valence-electron chi connectivity index (χ2n) is 7.77. The summed E-state index contributed by atoms with van der Waals surface area (Å²) in [6.45, 7) is 9.30. The van der Waals surface area contributed by atoms with Crippen molar-refractivity contribution in [2.45, 2.75) is 72.1 Å². The Kier molecular flexibility index (Phi) is 6.92. The van der Waals surface area contributed by atoms with Crippen LogP contribution in [0.1, 0.15) is 51.3 Å². The van der Waals surface area contributed by atoms with Gasteiger partial charge >= 0.3 is 0 Å². The Hall–Kier alpha value is -2.26. The van der Waals surface area contributed by atoms with Crippen LogP contribution in [0.25, 0.3) is 0 Å². The normalized spacial score (nSPS) is 20.8. The quantitative estimate of drug-likeness (QED) is 0.626. The molecule has 0 aliphatic carbocycles. The highest BCUT2D eigenvalue weighted by Gasteiger charge is 2.39.